The molecular formula is C21H28N4O. The predicted molar refractivity (Wildman–Crippen MR) is 107 cm³/mol. The maximum atomic E-state index is 12.1. The van der Waals surface area contributed by atoms with E-state index in [1.807, 2.05) is 12.1 Å². The van der Waals surface area contributed by atoms with Crippen LogP contribution in [-0.4, -0.2) is 43.6 Å². The Morgan fingerprint density at radius 2 is 1.85 bits per heavy atom. The van der Waals surface area contributed by atoms with Gasteiger partial charge in [0, 0.05) is 44.6 Å². The molecule has 1 N–H and O–H groups in total. The summed E-state index contributed by atoms with van der Waals surface area (Å²) in [6.45, 7) is 10.8. The Bertz CT molecular complexity index is 734. The Morgan fingerprint density at radius 3 is 2.46 bits per heavy atom. The first-order chi connectivity index (χ1) is 12.5. The minimum Gasteiger partial charge on any atom is -0.368 e. The molecule has 1 fully saturated rings. The summed E-state index contributed by atoms with van der Waals surface area (Å²) in [6.07, 6.45) is 1.68. The lowest BCUT2D eigenvalue weighted by Crippen LogP contribution is -2.46. The van der Waals surface area contributed by atoms with Crippen molar-refractivity contribution in [2.24, 2.45) is 5.92 Å². The van der Waals surface area contributed by atoms with Crippen LogP contribution in [0.5, 0.6) is 0 Å². The number of carbonyl (C=O) groups excluding carboxylic acids is 1. The summed E-state index contributed by atoms with van der Waals surface area (Å²) in [5.41, 5.74) is 3.19. The van der Waals surface area contributed by atoms with E-state index in [0.717, 1.165) is 32.0 Å². The third kappa shape index (κ3) is 4.54. The Balaban J connectivity index is 1.57. The highest BCUT2D eigenvalue weighted by atomic mass is 16.1. The third-order valence-corrected chi connectivity index (χ3v) is 4.65. The predicted octanol–water partition coefficient (Wildman–Crippen LogP) is 3.10. The van der Waals surface area contributed by atoms with E-state index < -0.39 is 0 Å². The zero-order valence-corrected chi connectivity index (χ0v) is 15.9. The molecule has 0 spiro atoms. The summed E-state index contributed by atoms with van der Waals surface area (Å²) < 4.78 is 0. The van der Waals surface area contributed by atoms with Crippen molar-refractivity contribution in [3.63, 3.8) is 0 Å². The summed E-state index contributed by atoms with van der Waals surface area (Å²) >= 11 is 0. The second kappa shape index (κ2) is 8.21. The summed E-state index contributed by atoms with van der Waals surface area (Å²) in [4.78, 5) is 21.3. The number of hydrogen-bond acceptors (Lipinski definition) is 4. The normalized spacial score (nSPS) is 14.6. The van der Waals surface area contributed by atoms with Gasteiger partial charge in [-0.15, -0.1) is 0 Å². The molecule has 0 saturated carbocycles. The smallest absolute Gasteiger partial charge is 0.252 e. The molecule has 138 valence electrons. The molecule has 0 bridgehead atoms. The van der Waals surface area contributed by atoms with Crippen molar-refractivity contribution in [1.82, 2.24) is 10.3 Å². The topological polar surface area (TPSA) is 48.5 Å². The highest BCUT2D eigenvalue weighted by molar-refractivity contribution is 5.94. The van der Waals surface area contributed by atoms with Crippen LogP contribution in [0.2, 0.25) is 0 Å². The number of pyridine rings is 1. The van der Waals surface area contributed by atoms with Crippen LogP contribution in [0.1, 0.15) is 29.8 Å². The van der Waals surface area contributed by atoms with Gasteiger partial charge in [-0.3, -0.25) is 4.79 Å². The molecule has 1 aliphatic rings. The quantitative estimate of drug-likeness (QED) is 0.898. The van der Waals surface area contributed by atoms with Gasteiger partial charge in [0.25, 0.3) is 5.91 Å². The van der Waals surface area contributed by atoms with Gasteiger partial charge >= 0.3 is 0 Å². The van der Waals surface area contributed by atoms with Gasteiger partial charge in [0.2, 0.25) is 0 Å². The fraction of sp³-hybridized carbons (Fsp3) is 0.429. The second-order valence-electron chi connectivity index (χ2n) is 7.32. The van der Waals surface area contributed by atoms with Gasteiger partial charge in [0.1, 0.15) is 5.82 Å². The van der Waals surface area contributed by atoms with Crippen LogP contribution < -0.4 is 15.1 Å². The van der Waals surface area contributed by atoms with Gasteiger partial charge in [-0.05, 0) is 42.7 Å². The lowest BCUT2D eigenvalue weighted by atomic mass is 10.2. The molecule has 1 amide bonds. The average molecular weight is 352 g/mol. The lowest BCUT2D eigenvalue weighted by molar-refractivity contribution is 0.0948. The van der Waals surface area contributed by atoms with Crippen molar-refractivity contribution in [1.29, 1.82) is 0 Å². The van der Waals surface area contributed by atoms with Crippen molar-refractivity contribution in [2.75, 3.05) is 42.5 Å². The molecular weight excluding hydrogens is 324 g/mol. The van der Waals surface area contributed by atoms with E-state index in [0.29, 0.717) is 18.0 Å². The number of amides is 1. The average Bonchev–Trinajstić information content (AvgIpc) is 2.66. The molecule has 1 saturated heterocycles. The number of hydrogen-bond donors (Lipinski definition) is 1. The first-order valence-corrected chi connectivity index (χ1v) is 9.34. The van der Waals surface area contributed by atoms with Crippen LogP contribution in [-0.2, 0) is 0 Å². The number of anilines is 2. The van der Waals surface area contributed by atoms with Crippen molar-refractivity contribution in [3.05, 3.63) is 53.7 Å². The second-order valence-corrected chi connectivity index (χ2v) is 7.32. The molecule has 0 aliphatic carbocycles. The van der Waals surface area contributed by atoms with E-state index in [-0.39, 0.29) is 5.91 Å². The van der Waals surface area contributed by atoms with E-state index in [4.69, 9.17) is 0 Å². The summed E-state index contributed by atoms with van der Waals surface area (Å²) in [5.74, 6) is 1.33. The Morgan fingerprint density at radius 1 is 1.12 bits per heavy atom. The molecule has 2 aromatic rings. The van der Waals surface area contributed by atoms with Crippen molar-refractivity contribution >= 4 is 17.4 Å². The van der Waals surface area contributed by atoms with Crippen molar-refractivity contribution < 1.29 is 4.79 Å². The van der Waals surface area contributed by atoms with Crippen molar-refractivity contribution in [3.8, 4) is 0 Å². The van der Waals surface area contributed by atoms with Crippen LogP contribution >= 0.6 is 0 Å². The lowest BCUT2D eigenvalue weighted by Gasteiger charge is -2.36. The van der Waals surface area contributed by atoms with Crippen LogP contribution in [0, 0.1) is 12.8 Å². The fourth-order valence-corrected chi connectivity index (χ4v) is 3.12. The Hall–Kier alpha value is -2.56. The number of aromatic nitrogens is 1. The van der Waals surface area contributed by atoms with E-state index in [9.17, 15) is 4.79 Å². The maximum absolute atomic E-state index is 12.1. The molecule has 0 radical (unpaired) electrons. The largest absolute Gasteiger partial charge is 0.368 e. The maximum Gasteiger partial charge on any atom is 0.252 e. The summed E-state index contributed by atoms with van der Waals surface area (Å²) in [6, 6.07) is 12.5. The standard InChI is InChI=1S/C21H28N4O/c1-16(2)14-23-21(26)18-7-8-20(22-15-18)25-11-9-24(10-12-25)19-6-4-5-17(3)13-19/h4-8,13,15-16H,9-12,14H2,1-3H3,(H,23,26). The van der Waals surface area contributed by atoms with Gasteiger partial charge in [-0.1, -0.05) is 26.0 Å². The number of benzene rings is 1. The number of aryl methyl sites for hydroxylation is 1. The third-order valence-electron chi connectivity index (χ3n) is 4.65. The van der Waals surface area contributed by atoms with Crippen LogP contribution in [0.3, 0.4) is 0 Å². The van der Waals surface area contributed by atoms with Gasteiger partial charge in [-0.2, -0.15) is 0 Å². The zero-order chi connectivity index (χ0) is 18.5. The Labute approximate surface area is 156 Å². The first kappa shape index (κ1) is 18.2. The monoisotopic (exact) mass is 352 g/mol. The zero-order valence-electron chi connectivity index (χ0n) is 15.9. The molecule has 0 atom stereocenters. The van der Waals surface area contributed by atoms with E-state index in [1.165, 1.54) is 11.3 Å². The summed E-state index contributed by atoms with van der Waals surface area (Å²) in [5, 5.41) is 2.93. The molecule has 1 aliphatic heterocycles. The highest BCUT2D eigenvalue weighted by Gasteiger charge is 2.18. The van der Waals surface area contributed by atoms with E-state index in [1.54, 1.807) is 6.20 Å². The number of rotatable bonds is 5. The number of nitrogens with one attached hydrogen (secondary N) is 1. The fourth-order valence-electron chi connectivity index (χ4n) is 3.12. The summed E-state index contributed by atoms with van der Waals surface area (Å²) in [7, 11) is 0. The van der Waals surface area contributed by atoms with Gasteiger partial charge in [-0.25, -0.2) is 4.98 Å². The van der Waals surface area contributed by atoms with Crippen molar-refractivity contribution in [2.45, 2.75) is 20.8 Å². The molecule has 26 heavy (non-hydrogen) atoms. The molecule has 1 aromatic heterocycles. The Kier molecular flexibility index (Phi) is 5.76. The highest BCUT2D eigenvalue weighted by Crippen LogP contribution is 2.20. The van der Waals surface area contributed by atoms with Crippen LogP contribution in [0.15, 0.2) is 42.6 Å². The number of nitrogens with zero attached hydrogens (tertiary/aromatic N) is 3. The van der Waals surface area contributed by atoms with Crippen LogP contribution in [0.25, 0.3) is 0 Å². The molecule has 5 heteroatoms. The molecule has 0 unspecified atom stereocenters. The molecule has 1 aromatic carbocycles. The molecule has 3 rings (SSSR count). The van der Waals surface area contributed by atoms with Crippen LogP contribution in [0.4, 0.5) is 11.5 Å². The minimum absolute atomic E-state index is 0.0537. The van der Waals surface area contributed by atoms with E-state index >= 15 is 0 Å². The number of piperazine rings is 1. The molecule has 5 nitrogen and oxygen atoms in total. The SMILES string of the molecule is Cc1cccc(N2CCN(c3ccc(C(=O)NCC(C)C)cn3)CC2)c1. The van der Waals surface area contributed by atoms with Gasteiger partial charge in [0.15, 0.2) is 0 Å². The van der Waals surface area contributed by atoms with Gasteiger partial charge < -0.3 is 15.1 Å². The first-order valence-electron chi connectivity index (χ1n) is 9.34. The minimum atomic E-state index is -0.0537. The van der Waals surface area contributed by atoms with Gasteiger partial charge in [0.05, 0.1) is 5.56 Å². The molecule has 2 heterocycles. The van der Waals surface area contributed by atoms with E-state index in [2.05, 4.69) is 65.1 Å². The number of carbonyl (C=O) groups is 1.